The zero-order valence-corrected chi connectivity index (χ0v) is 14.0. The number of benzene rings is 1. The van der Waals surface area contributed by atoms with Crippen LogP contribution in [-0.2, 0) is 12.1 Å². The topological polar surface area (TPSA) is 50.9 Å². The Morgan fingerprint density at radius 3 is 2.45 bits per heavy atom. The first-order chi connectivity index (χ1) is 10.3. The fraction of sp³-hybridized carbons (Fsp3) is 0.529. The van der Waals surface area contributed by atoms with Gasteiger partial charge >= 0.3 is 0 Å². The van der Waals surface area contributed by atoms with Gasteiger partial charge in [-0.25, -0.2) is 9.67 Å². The van der Waals surface area contributed by atoms with Crippen molar-refractivity contribution in [3.63, 3.8) is 0 Å². The number of aliphatic hydroxyl groups is 1. The third-order valence-electron chi connectivity index (χ3n) is 5.34. The Balaban J connectivity index is 2.02. The molecule has 4 nitrogen and oxygen atoms in total. The van der Waals surface area contributed by atoms with E-state index in [1.807, 2.05) is 24.3 Å². The average Bonchev–Trinajstić information content (AvgIpc) is 3.06. The van der Waals surface area contributed by atoms with Crippen LogP contribution in [-0.4, -0.2) is 19.9 Å². The summed E-state index contributed by atoms with van der Waals surface area (Å²) >= 11 is 5.97. The summed E-state index contributed by atoms with van der Waals surface area (Å²) in [5, 5.41) is 16.6. The van der Waals surface area contributed by atoms with E-state index in [2.05, 4.69) is 30.9 Å². The number of nitrogens with zero attached hydrogens (tertiary/aromatic N) is 3. The normalized spacial score (nSPS) is 30.6. The second-order valence-corrected chi connectivity index (χ2v) is 7.70. The monoisotopic (exact) mass is 319 g/mol. The van der Waals surface area contributed by atoms with E-state index >= 15 is 0 Å². The van der Waals surface area contributed by atoms with Gasteiger partial charge in [0.05, 0.1) is 0 Å². The number of halogens is 1. The summed E-state index contributed by atoms with van der Waals surface area (Å²) < 4.78 is 1.63. The second kappa shape index (κ2) is 5.07. The van der Waals surface area contributed by atoms with Crippen LogP contribution in [0.2, 0.25) is 5.02 Å². The van der Waals surface area contributed by atoms with E-state index in [4.69, 9.17) is 11.6 Å². The van der Waals surface area contributed by atoms with Crippen LogP contribution in [0.1, 0.15) is 39.2 Å². The largest absolute Gasteiger partial charge is 0.368 e. The van der Waals surface area contributed by atoms with Gasteiger partial charge in [-0.3, -0.25) is 0 Å². The summed E-state index contributed by atoms with van der Waals surface area (Å²) in [7, 11) is 0. The predicted molar refractivity (Wildman–Crippen MR) is 86.5 cm³/mol. The number of hydrogen-bond donors (Lipinski definition) is 1. The molecule has 0 saturated heterocycles. The maximum absolute atomic E-state index is 11.6. The van der Waals surface area contributed by atoms with Crippen molar-refractivity contribution < 1.29 is 5.11 Å². The lowest BCUT2D eigenvalue weighted by atomic mass is 9.70. The van der Waals surface area contributed by atoms with Crippen LogP contribution in [0.3, 0.4) is 0 Å². The molecule has 1 aromatic heterocycles. The Labute approximate surface area is 136 Å². The molecule has 0 spiro atoms. The lowest BCUT2D eigenvalue weighted by molar-refractivity contribution is -0.192. The highest BCUT2D eigenvalue weighted by atomic mass is 35.5. The number of aromatic nitrogens is 3. The fourth-order valence-corrected chi connectivity index (χ4v) is 4.11. The molecule has 1 aromatic carbocycles. The molecule has 0 amide bonds. The molecule has 5 heteroatoms. The van der Waals surface area contributed by atoms with Crippen LogP contribution in [0.25, 0.3) is 0 Å². The van der Waals surface area contributed by atoms with Crippen LogP contribution in [0, 0.1) is 10.8 Å². The summed E-state index contributed by atoms with van der Waals surface area (Å²) in [6.07, 6.45) is 5.73. The highest BCUT2D eigenvalue weighted by Gasteiger charge is 2.62. The minimum atomic E-state index is -1.07. The molecule has 2 atom stereocenters. The Morgan fingerprint density at radius 1 is 1.18 bits per heavy atom. The van der Waals surface area contributed by atoms with Gasteiger partial charge in [0.25, 0.3) is 0 Å². The van der Waals surface area contributed by atoms with E-state index in [1.54, 1.807) is 11.0 Å². The molecular formula is C17H22ClN3O. The van der Waals surface area contributed by atoms with E-state index in [9.17, 15) is 5.11 Å². The maximum Gasteiger partial charge on any atom is 0.170 e. The molecule has 2 aromatic rings. The molecule has 2 unspecified atom stereocenters. The van der Waals surface area contributed by atoms with Crippen molar-refractivity contribution in [1.82, 2.24) is 14.8 Å². The van der Waals surface area contributed by atoms with Crippen molar-refractivity contribution in [3.8, 4) is 0 Å². The second-order valence-electron chi connectivity index (χ2n) is 7.26. The molecule has 22 heavy (non-hydrogen) atoms. The Kier molecular flexibility index (Phi) is 3.57. The summed E-state index contributed by atoms with van der Waals surface area (Å²) in [5.74, 6) is 0. The highest BCUT2D eigenvalue weighted by molar-refractivity contribution is 6.30. The maximum atomic E-state index is 11.6. The zero-order chi connectivity index (χ0) is 16.0. The van der Waals surface area contributed by atoms with Gasteiger partial charge in [0, 0.05) is 15.9 Å². The minimum absolute atomic E-state index is 0.276. The summed E-state index contributed by atoms with van der Waals surface area (Å²) in [4.78, 5) is 4.04. The van der Waals surface area contributed by atoms with Crippen LogP contribution < -0.4 is 0 Å². The lowest BCUT2D eigenvalue weighted by Crippen LogP contribution is -2.54. The molecule has 1 heterocycles. The number of hydrogen-bond acceptors (Lipinski definition) is 3. The quantitative estimate of drug-likeness (QED) is 0.939. The summed E-state index contributed by atoms with van der Waals surface area (Å²) in [6.45, 7) is 6.33. The Morgan fingerprint density at radius 2 is 1.86 bits per heavy atom. The smallest absolute Gasteiger partial charge is 0.170 e. The first kappa shape index (κ1) is 15.5. The Hall–Kier alpha value is -1.39. The van der Waals surface area contributed by atoms with E-state index in [0.29, 0.717) is 0 Å². The fourth-order valence-electron chi connectivity index (χ4n) is 3.98. The Bertz CT molecular complexity index is 653. The van der Waals surface area contributed by atoms with Gasteiger partial charge in [-0.2, -0.15) is 5.10 Å². The average molecular weight is 320 g/mol. The van der Waals surface area contributed by atoms with Crippen molar-refractivity contribution in [2.75, 3.05) is 0 Å². The van der Waals surface area contributed by atoms with E-state index in [0.717, 1.165) is 24.3 Å². The molecule has 0 aliphatic heterocycles. The van der Waals surface area contributed by atoms with Gasteiger partial charge in [-0.05, 0) is 37.0 Å². The van der Waals surface area contributed by atoms with Crippen molar-refractivity contribution in [2.45, 2.75) is 45.8 Å². The van der Waals surface area contributed by atoms with Gasteiger partial charge in [0.15, 0.2) is 5.72 Å². The SMILES string of the molecule is CC1(C)CCC(C)(Cc2ccc(Cl)cc2)C1(O)n1cncn1. The van der Waals surface area contributed by atoms with E-state index < -0.39 is 5.72 Å². The molecule has 1 aliphatic rings. The van der Waals surface area contributed by atoms with E-state index in [1.165, 1.54) is 11.9 Å². The third-order valence-corrected chi connectivity index (χ3v) is 5.60. The van der Waals surface area contributed by atoms with Crippen molar-refractivity contribution in [1.29, 1.82) is 0 Å². The third kappa shape index (κ3) is 2.17. The van der Waals surface area contributed by atoms with Gasteiger partial charge in [-0.1, -0.05) is 44.5 Å². The first-order valence-corrected chi connectivity index (χ1v) is 7.98. The molecular weight excluding hydrogens is 298 g/mol. The van der Waals surface area contributed by atoms with Gasteiger partial charge in [0.1, 0.15) is 12.7 Å². The molecule has 1 aliphatic carbocycles. The van der Waals surface area contributed by atoms with Gasteiger partial charge in [0.2, 0.25) is 0 Å². The molecule has 3 rings (SSSR count). The van der Waals surface area contributed by atoms with Crippen LogP contribution in [0.15, 0.2) is 36.9 Å². The van der Waals surface area contributed by atoms with Crippen LogP contribution in [0.4, 0.5) is 0 Å². The predicted octanol–water partition coefficient (Wildman–Crippen LogP) is 3.65. The van der Waals surface area contributed by atoms with Gasteiger partial charge in [-0.15, -0.1) is 0 Å². The molecule has 0 radical (unpaired) electrons. The van der Waals surface area contributed by atoms with Gasteiger partial charge < -0.3 is 5.11 Å². The summed E-state index contributed by atoms with van der Waals surface area (Å²) in [5.41, 5.74) is -0.501. The lowest BCUT2D eigenvalue weighted by Gasteiger charge is -2.46. The molecule has 0 bridgehead atoms. The standard InChI is InChI=1S/C17H22ClN3O/c1-15(2)8-9-16(3,10-13-4-6-14(18)7-5-13)17(15,22)21-12-19-11-20-21/h4-7,11-12,22H,8-10H2,1-3H3. The van der Waals surface area contributed by atoms with Crippen LogP contribution in [0.5, 0.6) is 0 Å². The highest BCUT2D eigenvalue weighted by Crippen LogP contribution is 2.60. The molecule has 1 N–H and O–H groups in total. The van der Waals surface area contributed by atoms with E-state index in [-0.39, 0.29) is 10.8 Å². The zero-order valence-electron chi connectivity index (χ0n) is 13.3. The van der Waals surface area contributed by atoms with Crippen molar-refractivity contribution >= 4 is 11.6 Å². The van der Waals surface area contributed by atoms with Crippen molar-refractivity contribution in [3.05, 3.63) is 47.5 Å². The first-order valence-electron chi connectivity index (χ1n) is 7.60. The molecule has 118 valence electrons. The number of rotatable bonds is 3. The summed E-state index contributed by atoms with van der Waals surface area (Å²) in [6, 6.07) is 7.85. The molecule has 1 saturated carbocycles. The molecule has 1 fully saturated rings. The van der Waals surface area contributed by atoms with Crippen molar-refractivity contribution in [2.24, 2.45) is 10.8 Å². The minimum Gasteiger partial charge on any atom is -0.368 e. The van der Waals surface area contributed by atoms with Crippen LogP contribution >= 0.6 is 11.6 Å².